The Labute approximate surface area is 111 Å². The monoisotopic (exact) mass is 252 g/mol. The fourth-order valence-electron chi connectivity index (χ4n) is 3.26. The summed E-state index contributed by atoms with van der Waals surface area (Å²) in [5, 5.41) is 3.18. The lowest BCUT2D eigenvalue weighted by Crippen LogP contribution is -2.45. The normalized spacial score (nSPS) is 24.4. The largest absolute Gasteiger partial charge is 0.337 e. The molecule has 0 radical (unpaired) electrons. The van der Waals surface area contributed by atoms with Gasteiger partial charge in [-0.1, -0.05) is 39.0 Å². The minimum absolute atomic E-state index is 0.170. The van der Waals surface area contributed by atoms with E-state index < -0.39 is 0 Å². The van der Waals surface area contributed by atoms with Gasteiger partial charge in [0, 0.05) is 19.6 Å². The van der Waals surface area contributed by atoms with Crippen molar-refractivity contribution in [3.05, 3.63) is 0 Å². The lowest BCUT2D eigenvalue weighted by atomic mass is 9.76. The Kier molecular flexibility index (Phi) is 4.90. The van der Waals surface area contributed by atoms with E-state index in [0.717, 1.165) is 19.6 Å². The molecule has 0 aromatic rings. The molecule has 0 aromatic heterocycles. The second-order valence-electron chi connectivity index (χ2n) is 6.43. The van der Waals surface area contributed by atoms with Crippen LogP contribution in [0.25, 0.3) is 0 Å². The molecule has 1 saturated heterocycles. The van der Waals surface area contributed by atoms with Gasteiger partial charge in [-0.3, -0.25) is 0 Å². The topological polar surface area (TPSA) is 32.3 Å². The van der Waals surface area contributed by atoms with Gasteiger partial charge in [0.2, 0.25) is 0 Å². The second-order valence-corrected chi connectivity index (χ2v) is 6.43. The fourth-order valence-corrected chi connectivity index (χ4v) is 3.26. The molecule has 0 bridgehead atoms. The lowest BCUT2D eigenvalue weighted by molar-refractivity contribution is 0.177. The van der Waals surface area contributed by atoms with Crippen molar-refractivity contribution in [2.45, 2.75) is 64.7 Å². The zero-order chi connectivity index (χ0) is 12.8. The molecule has 104 valence electrons. The molecule has 3 nitrogen and oxygen atoms in total. The first-order valence-corrected chi connectivity index (χ1v) is 7.72. The molecule has 3 heteroatoms. The average Bonchev–Trinajstić information content (AvgIpc) is 2.66. The molecular weight excluding hydrogens is 224 g/mol. The molecule has 2 amide bonds. The average molecular weight is 252 g/mol. The van der Waals surface area contributed by atoms with Crippen LogP contribution in [0.3, 0.4) is 0 Å². The van der Waals surface area contributed by atoms with Crippen molar-refractivity contribution in [2.75, 3.05) is 19.6 Å². The number of nitrogens with zero attached hydrogens (tertiary/aromatic N) is 1. The van der Waals surface area contributed by atoms with Gasteiger partial charge in [0.05, 0.1) is 0 Å². The van der Waals surface area contributed by atoms with Crippen molar-refractivity contribution in [1.29, 1.82) is 0 Å². The van der Waals surface area contributed by atoms with Gasteiger partial charge in [-0.05, 0) is 31.1 Å². The molecule has 2 fully saturated rings. The summed E-state index contributed by atoms with van der Waals surface area (Å²) >= 11 is 0. The summed E-state index contributed by atoms with van der Waals surface area (Å²) in [5.41, 5.74) is 0.347. The van der Waals surface area contributed by atoms with Gasteiger partial charge in [-0.2, -0.15) is 0 Å². The van der Waals surface area contributed by atoms with Crippen LogP contribution in [0.15, 0.2) is 0 Å². The van der Waals surface area contributed by atoms with E-state index in [1.807, 2.05) is 4.90 Å². The van der Waals surface area contributed by atoms with E-state index >= 15 is 0 Å². The molecule has 0 unspecified atom stereocenters. The van der Waals surface area contributed by atoms with Crippen molar-refractivity contribution < 1.29 is 4.79 Å². The van der Waals surface area contributed by atoms with Crippen molar-refractivity contribution in [3.8, 4) is 0 Å². The first-order valence-electron chi connectivity index (χ1n) is 7.72. The number of rotatable bonds is 2. The Bertz CT molecular complexity index is 264. The van der Waals surface area contributed by atoms with E-state index in [4.69, 9.17) is 0 Å². The van der Waals surface area contributed by atoms with Crippen LogP contribution in [0.4, 0.5) is 4.79 Å². The maximum absolute atomic E-state index is 12.2. The maximum Gasteiger partial charge on any atom is 0.317 e. The molecule has 1 heterocycles. The van der Waals surface area contributed by atoms with Crippen molar-refractivity contribution in [3.63, 3.8) is 0 Å². The standard InChI is InChI=1S/C15H28N2O/c1-15(9-5-4-6-10-15)13-16-14(18)17-11-7-2-3-8-12-17/h2-13H2,1H3,(H,16,18). The summed E-state index contributed by atoms with van der Waals surface area (Å²) in [6, 6.07) is 0.170. The third-order valence-electron chi connectivity index (χ3n) is 4.62. The molecule has 18 heavy (non-hydrogen) atoms. The number of urea groups is 1. The zero-order valence-corrected chi connectivity index (χ0v) is 11.8. The summed E-state index contributed by atoms with van der Waals surface area (Å²) in [4.78, 5) is 14.2. The van der Waals surface area contributed by atoms with Crippen LogP contribution >= 0.6 is 0 Å². The smallest absolute Gasteiger partial charge is 0.317 e. The molecule has 1 aliphatic carbocycles. The number of nitrogens with one attached hydrogen (secondary N) is 1. The number of carbonyl (C=O) groups excluding carboxylic acids is 1. The van der Waals surface area contributed by atoms with E-state index in [2.05, 4.69) is 12.2 Å². The first-order chi connectivity index (χ1) is 8.70. The van der Waals surface area contributed by atoms with Crippen LogP contribution in [0.5, 0.6) is 0 Å². The molecule has 0 atom stereocenters. The Morgan fingerprint density at radius 2 is 1.56 bits per heavy atom. The maximum atomic E-state index is 12.2. The number of carbonyl (C=O) groups is 1. The van der Waals surface area contributed by atoms with E-state index in [0.29, 0.717) is 5.41 Å². The minimum Gasteiger partial charge on any atom is -0.337 e. The molecular formula is C15H28N2O. The minimum atomic E-state index is 0.170. The molecule has 1 aliphatic heterocycles. The molecule has 1 N–H and O–H groups in total. The Morgan fingerprint density at radius 1 is 1.00 bits per heavy atom. The quantitative estimate of drug-likeness (QED) is 0.801. The summed E-state index contributed by atoms with van der Waals surface area (Å²) < 4.78 is 0. The number of hydrogen-bond acceptors (Lipinski definition) is 1. The first kappa shape index (κ1) is 13.7. The summed E-state index contributed by atoms with van der Waals surface area (Å²) in [5.74, 6) is 0. The van der Waals surface area contributed by atoms with Crippen LogP contribution in [0.2, 0.25) is 0 Å². The molecule has 2 rings (SSSR count). The van der Waals surface area contributed by atoms with Gasteiger partial charge >= 0.3 is 6.03 Å². The van der Waals surface area contributed by atoms with Gasteiger partial charge in [-0.25, -0.2) is 4.79 Å². The molecule has 0 aromatic carbocycles. The fraction of sp³-hybridized carbons (Fsp3) is 0.933. The molecule has 1 saturated carbocycles. The number of amides is 2. The highest BCUT2D eigenvalue weighted by Gasteiger charge is 2.27. The number of likely N-dealkylation sites (tertiary alicyclic amines) is 1. The zero-order valence-electron chi connectivity index (χ0n) is 11.8. The molecule has 2 aliphatic rings. The Balaban J connectivity index is 1.76. The van der Waals surface area contributed by atoms with Crippen LogP contribution in [0.1, 0.15) is 64.7 Å². The van der Waals surface area contributed by atoms with Gasteiger partial charge in [-0.15, -0.1) is 0 Å². The molecule has 0 spiro atoms. The Morgan fingerprint density at radius 3 is 2.17 bits per heavy atom. The van der Waals surface area contributed by atoms with E-state index in [-0.39, 0.29) is 6.03 Å². The third kappa shape index (κ3) is 3.89. The highest BCUT2D eigenvalue weighted by molar-refractivity contribution is 5.74. The predicted molar refractivity (Wildman–Crippen MR) is 74.6 cm³/mol. The van der Waals surface area contributed by atoms with Gasteiger partial charge in [0.15, 0.2) is 0 Å². The summed E-state index contributed by atoms with van der Waals surface area (Å²) in [7, 11) is 0. The third-order valence-corrected chi connectivity index (χ3v) is 4.62. The van der Waals surface area contributed by atoms with Gasteiger partial charge in [0.1, 0.15) is 0 Å². The second kappa shape index (κ2) is 6.44. The Hall–Kier alpha value is -0.730. The predicted octanol–water partition coefficient (Wildman–Crippen LogP) is 3.54. The van der Waals surface area contributed by atoms with Crippen LogP contribution in [-0.2, 0) is 0 Å². The van der Waals surface area contributed by atoms with Crippen molar-refractivity contribution >= 4 is 6.03 Å². The van der Waals surface area contributed by atoms with Crippen molar-refractivity contribution in [2.24, 2.45) is 5.41 Å². The lowest BCUT2D eigenvalue weighted by Gasteiger charge is -2.34. The highest BCUT2D eigenvalue weighted by Crippen LogP contribution is 2.34. The SMILES string of the molecule is CC1(CNC(=O)N2CCCCCC2)CCCCC1. The summed E-state index contributed by atoms with van der Waals surface area (Å²) in [6.07, 6.45) is 11.5. The van der Waals surface area contributed by atoms with E-state index in [1.54, 1.807) is 0 Å². The van der Waals surface area contributed by atoms with Crippen LogP contribution < -0.4 is 5.32 Å². The van der Waals surface area contributed by atoms with Gasteiger partial charge < -0.3 is 10.2 Å². The van der Waals surface area contributed by atoms with Crippen molar-refractivity contribution in [1.82, 2.24) is 10.2 Å². The van der Waals surface area contributed by atoms with Crippen LogP contribution in [0, 0.1) is 5.41 Å². The number of hydrogen-bond donors (Lipinski definition) is 1. The van der Waals surface area contributed by atoms with E-state index in [9.17, 15) is 4.79 Å². The van der Waals surface area contributed by atoms with E-state index in [1.165, 1.54) is 57.8 Å². The summed E-state index contributed by atoms with van der Waals surface area (Å²) in [6.45, 7) is 5.09. The van der Waals surface area contributed by atoms with Crippen LogP contribution in [-0.4, -0.2) is 30.6 Å². The van der Waals surface area contributed by atoms with Gasteiger partial charge in [0.25, 0.3) is 0 Å². The highest BCUT2D eigenvalue weighted by atomic mass is 16.2.